The summed E-state index contributed by atoms with van der Waals surface area (Å²) >= 11 is 0. The normalized spacial score (nSPS) is 25.3. The van der Waals surface area contributed by atoms with Gasteiger partial charge in [0.15, 0.2) is 0 Å². The molecule has 0 bridgehead atoms. The Bertz CT molecular complexity index is 633. The summed E-state index contributed by atoms with van der Waals surface area (Å²) in [7, 11) is 1.64. The number of ether oxygens (including phenoxy) is 1. The van der Waals surface area contributed by atoms with Crippen LogP contribution in [0.4, 0.5) is 5.69 Å². The van der Waals surface area contributed by atoms with Crippen molar-refractivity contribution in [1.82, 2.24) is 4.90 Å². The van der Waals surface area contributed by atoms with Crippen molar-refractivity contribution in [2.75, 3.05) is 38.2 Å². The molecular weight excluding hydrogens is 308 g/mol. The number of methoxy groups -OCH3 is 1. The maximum absolute atomic E-state index is 12.6. The molecule has 1 aliphatic heterocycles. The van der Waals surface area contributed by atoms with E-state index in [9.17, 15) is 14.7 Å². The Labute approximate surface area is 142 Å². The van der Waals surface area contributed by atoms with Gasteiger partial charge in [0, 0.05) is 31.9 Å². The van der Waals surface area contributed by atoms with Crippen LogP contribution in [0.5, 0.6) is 5.75 Å². The van der Waals surface area contributed by atoms with Crippen molar-refractivity contribution in [3.05, 3.63) is 24.3 Å². The van der Waals surface area contributed by atoms with Crippen LogP contribution >= 0.6 is 0 Å². The first-order valence-corrected chi connectivity index (χ1v) is 8.27. The zero-order chi connectivity index (χ0) is 17.5. The van der Waals surface area contributed by atoms with E-state index < -0.39 is 17.3 Å². The van der Waals surface area contributed by atoms with E-state index >= 15 is 0 Å². The number of carbonyl (C=O) groups excluding carboxylic acids is 1. The molecule has 2 atom stereocenters. The van der Waals surface area contributed by atoms with Crippen molar-refractivity contribution in [3.63, 3.8) is 0 Å². The van der Waals surface area contributed by atoms with Crippen LogP contribution in [0.25, 0.3) is 0 Å². The number of benzene rings is 1. The summed E-state index contributed by atoms with van der Waals surface area (Å²) in [4.78, 5) is 28.0. The van der Waals surface area contributed by atoms with Crippen LogP contribution in [-0.2, 0) is 9.59 Å². The maximum atomic E-state index is 12.6. The number of carbonyl (C=O) groups is 2. The Morgan fingerprint density at radius 2 is 1.67 bits per heavy atom. The van der Waals surface area contributed by atoms with Crippen molar-refractivity contribution < 1.29 is 19.4 Å². The molecule has 1 saturated heterocycles. The van der Waals surface area contributed by atoms with E-state index in [4.69, 9.17) is 4.74 Å². The summed E-state index contributed by atoms with van der Waals surface area (Å²) in [6.45, 7) is 6.49. The predicted molar refractivity (Wildman–Crippen MR) is 90.2 cm³/mol. The van der Waals surface area contributed by atoms with Gasteiger partial charge < -0.3 is 19.6 Å². The van der Waals surface area contributed by atoms with E-state index in [2.05, 4.69) is 4.90 Å². The average molecular weight is 332 g/mol. The van der Waals surface area contributed by atoms with E-state index in [0.29, 0.717) is 13.1 Å². The Kier molecular flexibility index (Phi) is 4.15. The standard InChI is InChI=1S/C18H24N2O4/c1-18(2)14(15(18)17(22)23)16(21)20-10-8-19(9-11-20)12-4-6-13(24-3)7-5-12/h4-7,14-15H,8-11H2,1-3H3,(H,22,23)/t14-,15+/m0/s1. The molecule has 2 aliphatic rings. The molecular formula is C18H24N2O4. The summed E-state index contributed by atoms with van der Waals surface area (Å²) in [5.41, 5.74) is 0.675. The van der Waals surface area contributed by atoms with Crippen molar-refractivity contribution in [2.45, 2.75) is 13.8 Å². The molecule has 3 rings (SSSR count). The highest BCUT2D eigenvalue weighted by Gasteiger charge is 2.66. The van der Waals surface area contributed by atoms with E-state index in [1.807, 2.05) is 43.0 Å². The second-order valence-corrected chi connectivity index (χ2v) is 7.13. The molecule has 0 radical (unpaired) electrons. The van der Waals surface area contributed by atoms with Crippen molar-refractivity contribution in [1.29, 1.82) is 0 Å². The van der Waals surface area contributed by atoms with Gasteiger partial charge in [0.05, 0.1) is 18.9 Å². The molecule has 0 unspecified atom stereocenters. The Balaban J connectivity index is 1.59. The molecule has 1 amide bonds. The summed E-state index contributed by atoms with van der Waals surface area (Å²) < 4.78 is 5.17. The fourth-order valence-corrected chi connectivity index (χ4v) is 3.73. The number of anilines is 1. The predicted octanol–water partition coefficient (Wildman–Crippen LogP) is 1.70. The fraction of sp³-hybridized carbons (Fsp3) is 0.556. The molecule has 0 spiro atoms. The van der Waals surface area contributed by atoms with E-state index in [1.54, 1.807) is 7.11 Å². The fourth-order valence-electron chi connectivity index (χ4n) is 3.73. The number of aliphatic carboxylic acids is 1. The molecule has 1 aromatic carbocycles. The average Bonchev–Trinajstić information content (AvgIpc) is 3.17. The van der Waals surface area contributed by atoms with E-state index in [-0.39, 0.29) is 11.8 Å². The number of piperazine rings is 1. The van der Waals surface area contributed by atoms with Crippen LogP contribution in [0.2, 0.25) is 0 Å². The lowest BCUT2D eigenvalue weighted by molar-refractivity contribution is -0.142. The largest absolute Gasteiger partial charge is 0.497 e. The van der Waals surface area contributed by atoms with Crippen LogP contribution in [-0.4, -0.2) is 55.2 Å². The Morgan fingerprint density at radius 1 is 1.08 bits per heavy atom. The van der Waals surface area contributed by atoms with Crippen LogP contribution in [0.1, 0.15) is 13.8 Å². The van der Waals surface area contributed by atoms with Gasteiger partial charge in [0.25, 0.3) is 0 Å². The molecule has 6 nitrogen and oxygen atoms in total. The number of carboxylic acids is 1. The second-order valence-electron chi connectivity index (χ2n) is 7.13. The van der Waals surface area contributed by atoms with E-state index in [1.165, 1.54) is 0 Å². The van der Waals surface area contributed by atoms with Crippen LogP contribution in [0.15, 0.2) is 24.3 Å². The minimum Gasteiger partial charge on any atom is -0.497 e. The summed E-state index contributed by atoms with van der Waals surface area (Å²) in [6, 6.07) is 7.88. The molecule has 130 valence electrons. The zero-order valence-corrected chi connectivity index (χ0v) is 14.4. The summed E-state index contributed by atoms with van der Waals surface area (Å²) in [6.07, 6.45) is 0. The third kappa shape index (κ3) is 2.81. The smallest absolute Gasteiger partial charge is 0.307 e. The Hall–Kier alpha value is -2.24. The summed E-state index contributed by atoms with van der Waals surface area (Å²) in [5.74, 6) is -0.993. The second kappa shape index (κ2) is 6.00. The summed E-state index contributed by atoms with van der Waals surface area (Å²) in [5, 5.41) is 9.25. The third-order valence-electron chi connectivity index (χ3n) is 5.39. The highest BCUT2D eigenvalue weighted by atomic mass is 16.5. The van der Waals surface area contributed by atoms with Crippen LogP contribution in [0.3, 0.4) is 0 Å². The van der Waals surface area contributed by atoms with Crippen LogP contribution in [0, 0.1) is 17.3 Å². The zero-order valence-electron chi connectivity index (χ0n) is 14.4. The number of hydrogen-bond donors (Lipinski definition) is 1. The van der Waals surface area contributed by atoms with Crippen molar-refractivity contribution in [2.24, 2.45) is 17.3 Å². The van der Waals surface area contributed by atoms with Crippen molar-refractivity contribution in [3.8, 4) is 5.75 Å². The maximum Gasteiger partial charge on any atom is 0.307 e. The van der Waals surface area contributed by atoms with Crippen LogP contribution < -0.4 is 9.64 Å². The first kappa shape index (κ1) is 16.6. The lowest BCUT2D eigenvalue weighted by atomic mass is 10.1. The molecule has 1 N–H and O–H groups in total. The SMILES string of the molecule is COc1ccc(N2CCN(C(=O)[C@@H]3[C@H](C(=O)O)C3(C)C)CC2)cc1. The number of amides is 1. The van der Waals surface area contributed by atoms with Gasteiger partial charge in [0.2, 0.25) is 5.91 Å². The lowest BCUT2D eigenvalue weighted by Gasteiger charge is -2.36. The molecule has 24 heavy (non-hydrogen) atoms. The van der Waals surface area contributed by atoms with Gasteiger partial charge in [-0.05, 0) is 29.7 Å². The van der Waals surface area contributed by atoms with Gasteiger partial charge in [-0.15, -0.1) is 0 Å². The number of rotatable bonds is 4. The first-order valence-electron chi connectivity index (χ1n) is 8.27. The highest BCUT2D eigenvalue weighted by molar-refractivity contribution is 5.91. The minimum absolute atomic E-state index is 0.0122. The monoisotopic (exact) mass is 332 g/mol. The molecule has 1 heterocycles. The quantitative estimate of drug-likeness (QED) is 0.909. The van der Waals surface area contributed by atoms with Gasteiger partial charge in [-0.2, -0.15) is 0 Å². The molecule has 0 aromatic heterocycles. The number of hydrogen-bond acceptors (Lipinski definition) is 4. The van der Waals surface area contributed by atoms with Gasteiger partial charge in [0.1, 0.15) is 5.75 Å². The van der Waals surface area contributed by atoms with Gasteiger partial charge in [-0.1, -0.05) is 13.8 Å². The Morgan fingerprint density at radius 3 is 2.12 bits per heavy atom. The van der Waals surface area contributed by atoms with Gasteiger partial charge in [-0.3, -0.25) is 9.59 Å². The highest BCUT2D eigenvalue weighted by Crippen LogP contribution is 2.59. The third-order valence-corrected chi connectivity index (χ3v) is 5.39. The first-order chi connectivity index (χ1) is 11.4. The van der Waals surface area contributed by atoms with Crippen molar-refractivity contribution >= 4 is 17.6 Å². The lowest BCUT2D eigenvalue weighted by Crippen LogP contribution is -2.49. The molecule has 1 saturated carbocycles. The molecule has 2 fully saturated rings. The topological polar surface area (TPSA) is 70.1 Å². The minimum atomic E-state index is -0.866. The molecule has 1 aromatic rings. The molecule has 1 aliphatic carbocycles. The molecule has 6 heteroatoms. The van der Waals surface area contributed by atoms with Gasteiger partial charge >= 0.3 is 5.97 Å². The van der Waals surface area contributed by atoms with E-state index in [0.717, 1.165) is 24.5 Å². The van der Waals surface area contributed by atoms with Gasteiger partial charge in [-0.25, -0.2) is 0 Å². The number of nitrogens with zero attached hydrogens (tertiary/aromatic N) is 2. The number of carboxylic acid groups (broad SMARTS) is 1.